The molecule has 0 aliphatic carbocycles. The molecule has 1 saturated heterocycles. The fraction of sp³-hybridized carbons (Fsp3) is 0.391. The number of thioether (sulfide) groups is 1. The van der Waals surface area contributed by atoms with Crippen LogP contribution < -0.4 is 10.6 Å². The average Bonchev–Trinajstić information content (AvgIpc) is 2.78. The highest BCUT2D eigenvalue weighted by atomic mass is 35.5. The van der Waals surface area contributed by atoms with Crippen molar-refractivity contribution in [2.24, 2.45) is 5.92 Å². The second-order valence-corrected chi connectivity index (χ2v) is 8.84. The van der Waals surface area contributed by atoms with Crippen molar-refractivity contribution in [3.8, 4) is 0 Å². The van der Waals surface area contributed by atoms with Crippen LogP contribution in [0.1, 0.15) is 24.0 Å². The minimum atomic E-state index is -0.601. The lowest BCUT2D eigenvalue weighted by Crippen LogP contribution is -2.43. The third kappa shape index (κ3) is 6.76. The molecule has 0 unspecified atom stereocenters. The Kier molecular flexibility index (Phi) is 8.61. The van der Waals surface area contributed by atoms with Crippen LogP contribution in [0.3, 0.4) is 0 Å². The minimum absolute atomic E-state index is 0.305. The van der Waals surface area contributed by atoms with Crippen molar-refractivity contribution >= 4 is 35.2 Å². The molecule has 30 heavy (non-hydrogen) atoms. The second kappa shape index (κ2) is 11.4. The van der Waals surface area contributed by atoms with Crippen molar-refractivity contribution in [2.75, 3.05) is 25.9 Å². The first kappa shape index (κ1) is 22.7. The molecule has 2 aromatic rings. The van der Waals surface area contributed by atoms with Crippen LogP contribution in [0.2, 0.25) is 5.02 Å². The first-order valence-corrected chi connectivity index (χ1v) is 11.8. The smallest absolute Gasteiger partial charge is 0.309 e. The van der Waals surface area contributed by atoms with Gasteiger partial charge in [0.25, 0.3) is 0 Å². The van der Waals surface area contributed by atoms with Gasteiger partial charge in [-0.1, -0.05) is 41.9 Å². The van der Waals surface area contributed by atoms with E-state index in [0.29, 0.717) is 24.0 Å². The van der Waals surface area contributed by atoms with E-state index in [0.717, 1.165) is 38.0 Å². The topological polar surface area (TPSA) is 61.4 Å². The maximum Gasteiger partial charge on any atom is 0.309 e. The van der Waals surface area contributed by atoms with E-state index in [1.54, 1.807) is 23.9 Å². The molecule has 0 bridgehead atoms. The van der Waals surface area contributed by atoms with Crippen LogP contribution in [0, 0.1) is 5.92 Å². The first-order valence-electron chi connectivity index (χ1n) is 10.2. The molecular weight excluding hydrogens is 418 g/mol. The Hall–Kier alpha value is -2.02. The highest BCUT2D eigenvalue weighted by molar-refractivity contribution is 7.98. The molecule has 3 rings (SSSR count). The number of nitrogens with one attached hydrogen (secondary N) is 2. The van der Waals surface area contributed by atoms with E-state index < -0.39 is 11.8 Å². The van der Waals surface area contributed by atoms with Gasteiger partial charge in [0.15, 0.2) is 0 Å². The van der Waals surface area contributed by atoms with Gasteiger partial charge in [0, 0.05) is 29.6 Å². The van der Waals surface area contributed by atoms with E-state index in [1.165, 1.54) is 10.5 Å². The number of amides is 2. The van der Waals surface area contributed by atoms with Crippen molar-refractivity contribution in [3.05, 3.63) is 64.7 Å². The van der Waals surface area contributed by atoms with Gasteiger partial charge in [-0.2, -0.15) is 0 Å². The van der Waals surface area contributed by atoms with E-state index in [9.17, 15) is 9.59 Å². The number of piperidine rings is 1. The zero-order valence-electron chi connectivity index (χ0n) is 17.2. The highest BCUT2D eigenvalue weighted by Gasteiger charge is 2.21. The Morgan fingerprint density at radius 3 is 2.40 bits per heavy atom. The number of carbonyl (C=O) groups excluding carboxylic acids is 2. The van der Waals surface area contributed by atoms with E-state index in [4.69, 9.17) is 11.6 Å². The quantitative estimate of drug-likeness (QED) is 0.504. The molecule has 7 heteroatoms. The van der Waals surface area contributed by atoms with Gasteiger partial charge < -0.3 is 10.6 Å². The molecule has 160 valence electrons. The van der Waals surface area contributed by atoms with Crippen LogP contribution in [0.4, 0.5) is 0 Å². The lowest BCUT2D eigenvalue weighted by molar-refractivity contribution is -0.139. The van der Waals surface area contributed by atoms with Gasteiger partial charge in [-0.25, -0.2) is 0 Å². The average molecular weight is 446 g/mol. The molecule has 0 atom stereocenters. The lowest BCUT2D eigenvalue weighted by Gasteiger charge is -2.32. The van der Waals surface area contributed by atoms with Crippen LogP contribution in [-0.4, -0.2) is 42.6 Å². The maximum atomic E-state index is 12.1. The van der Waals surface area contributed by atoms with Gasteiger partial charge in [-0.05, 0) is 67.4 Å². The van der Waals surface area contributed by atoms with Crippen LogP contribution in [0.25, 0.3) is 0 Å². The summed E-state index contributed by atoms with van der Waals surface area (Å²) in [6.45, 7) is 3.82. The van der Waals surface area contributed by atoms with E-state index in [2.05, 4.69) is 46.1 Å². The summed E-state index contributed by atoms with van der Waals surface area (Å²) >= 11 is 7.63. The molecule has 2 aromatic carbocycles. The Morgan fingerprint density at radius 2 is 1.70 bits per heavy atom. The largest absolute Gasteiger partial charge is 0.348 e. The lowest BCUT2D eigenvalue weighted by atomic mass is 9.96. The predicted molar refractivity (Wildman–Crippen MR) is 123 cm³/mol. The van der Waals surface area contributed by atoms with E-state index in [1.807, 2.05) is 12.1 Å². The Morgan fingerprint density at radius 1 is 1.03 bits per heavy atom. The normalized spacial score (nSPS) is 15.0. The SMILES string of the molecule is CSc1ccccc1CN1CCC(CNC(=O)C(=O)NCc2ccc(Cl)cc2)CC1. The fourth-order valence-corrected chi connectivity index (χ4v) is 4.34. The van der Waals surface area contributed by atoms with Gasteiger partial charge in [-0.15, -0.1) is 11.8 Å². The number of rotatable bonds is 7. The van der Waals surface area contributed by atoms with Crippen LogP contribution in [0.5, 0.6) is 0 Å². The van der Waals surface area contributed by atoms with Crippen LogP contribution in [0.15, 0.2) is 53.4 Å². The maximum absolute atomic E-state index is 12.1. The van der Waals surface area contributed by atoms with Crippen molar-refractivity contribution in [1.29, 1.82) is 0 Å². The van der Waals surface area contributed by atoms with Gasteiger partial charge >= 0.3 is 11.8 Å². The van der Waals surface area contributed by atoms with Crippen molar-refractivity contribution < 1.29 is 9.59 Å². The number of likely N-dealkylation sites (tertiary alicyclic amines) is 1. The monoisotopic (exact) mass is 445 g/mol. The molecule has 1 aliphatic rings. The summed E-state index contributed by atoms with van der Waals surface area (Å²) in [7, 11) is 0. The predicted octanol–water partition coefficient (Wildman–Crippen LogP) is 3.71. The number of benzene rings is 2. The zero-order valence-corrected chi connectivity index (χ0v) is 18.8. The first-order chi connectivity index (χ1) is 14.5. The van der Waals surface area contributed by atoms with Crippen LogP contribution in [-0.2, 0) is 22.7 Å². The third-order valence-electron chi connectivity index (χ3n) is 5.42. The summed E-state index contributed by atoms with van der Waals surface area (Å²) in [6.07, 6.45) is 4.15. The van der Waals surface area contributed by atoms with Gasteiger partial charge in [0.2, 0.25) is 0 Å². The van der Waals surface area contributed by atoms with Crippen molar-refractivity contribution in [3.63, 3.8) is 0 Å². The Bertz CT molecular complexity index is 852. The Labute approximate surface area is 187 Å². The summed E-state index contributed by atoms with van der Waals surface area (Å²) in [4.78, 5) is 27.9. The number of hydrogen-bond acceptors (Lipinski definition) is 4. The number of nitrogens with zero attached hydrogens (tertiary/aromatic N) is 1. The third-order valence-corrected chi connectivity index (χ3v) is 6.51. The molecule has 1 heterocycles. The molecule has 1 aliphatic heterocycles. The summed E-state index contributed by atoms with van der Waals surface area (Å²) in [6, 6.07) is 15.7. The fourth-order valence-electron chi connectivity index (χ4n) is 3.61. The Balaban J connectivity index is 1.36. The number of carbonyl (C=O) groups is 2. The molecule has 0 aromatic heterocycles. The number of halogens is 1. The summed E-state index contributed by atoms with van der Waals surface area (Å²) in [5, 5.41) is 6.07. The molecule has 0 radical (unpaired) electrons. The molecule has 0 spiro atoms. The van der Waals surface area contributed by atoms with Crippen molar-refractivity contribution in [1.82, 2.24) is 15.5 Å². The molecule has 5 nitrogen and oxygen atoms in total. The standard InChI is InChI=1S/C23H28ClN3O2S/c1-30-21-5-3-2-4-19(21)16-27-12-10-18(11-13-27)15-26-23(29)22(28)25-14-17-6-8-20(24)9-7-17/h2-9,18H,10-16H2,1H3,(H,25,28)(H,26,29). The molecule has 2 N–H and O–H groups in total. The second-order valence-electron chi connectivity index (χ2n) is 7.55. The summed E-state index contributed by atoms with van der Waals surface area (Å²) < 4.78 is 0. The number of hydrogen-bond donors (Lipinski definition) is 2. The molecule has 2 amide bonds. The molecule has 0 saturated carbocycles. The minimum Gasteiger partial charge on any atom is -0.348 e. The highest BCUT2D eigenvalue weighted by Crippen LogP contribution is 2.24. The van der Waals surface area contributed by atoms with Crippen molar-refractivity contribution in [2.45, 2.75) is 30.8 Å². The van der Waals surface area contributed by atoms with Gasteiger partial charge in [0.1, 0.15) is 0 Å². The summed E-state index contributed by atoms with van der Waals surface area (Å²) in [5.41, 5.74) is 2.27. The zero-order chi connectivity index (χ0) is 21.3. The van der Waals surface area contributed by atoms with Gasteiger partial charge in [0.05, 0.1) is 0 Å². The molecular formula is C23H28ClN3O2S. The summed E-state index contributed by atoms with van der Waals surface area (Å²) in [5.74, 6) is -0.763. The van der Waals surface area contributed by atoms with Crippen LogP contribution >= 0.6 is 23.4 Å². The van der Waals surface area contributed by atoms with Gasteiger partial charge in [-0.3, -0.25) is 14.5 Å². The van der Waals surface area contributed by atoms with E-state index >= 15 is 0 Å². The molecule has 1 fully saturated rings. The van der Waals surface area contributed by atoms with E-state index in [-0.39, 0.29) is 0 Å².